The van der Waals surface area contributed by atoms with Crippen molar-refractivity contribution >= 4 is 11.8 Å². The maximum absolute atomic E-state index is 11.4. The van der Waals surface area contributed by atoms with Gasteiger partial charge in [0, 0.05) is 13.3 Å². The number of hydrogen-bond acceptors (Lipinski definition) is 4. The largest absolute Gasteiger partial charge is 0.466 e. The molecule has 0 aromatic rings. The third-order valence-corrected chi connectivity index (χ3v) is 3.04. The Bertz CT molecular complexity index is 320. The third-order valence-electron chi connectivity index (χ3n) is 3.04. The lowest BCUT2D eigenvalue weighted by Crippen LogP contribution is -2.01. The molecule has 1 rings (SSSR count). The van der Waals surface area contributed by atoms with Crippen molar-refractivity contribution in [2.75, 3.05) is 6.61 Å². The highest BCUT2D eigenvalue weighted by Crippen LogP contribution is 2.20. The van der Waals surface area contributed by atoms with E-state index in [1.165, 1.54) is 6.92 Å². The van der Waals surface area contributed by atoms with Gasteiger partial charge in [-0.2, -0.15) is 0 Å². The number of unbranched alkanes of at least 4 members (excludes halogenated alkanes) is 4. The zero-order valence-corrected chi connectivity index (χ0v) is 11.0. The van der Waals surface area contributed by atoms with Gasteiger partial charge in [0.1, 0.15) is 0 Å². The van der Waals surface area contributed by atoms with E-state index in [1.807, 2.05) is 0 Å². The highest BCUT2D eigenvalue weighted by Gasteiger charge is 2.21. The van der Waals surface area contributed by atoms with Crippen molar-refractivity contribution in [3.05, 3.63) is 11.6 Å². The van der Waals surface area contributed by atoms with Crippen LogP contribution in [0.15, 0.2) is 11.6 Å². The number of esters is 1. The van der Waals surface area contributed by atoms with Gasteiger partial charge in [0.2, 0.25) is 0 Å². The molecule has 1 unspecified atom stereocenters. The zero-order chi connectivity index (χ0) is 13.4. The molecule has 1 aliphatic rings. The van der Waals surface area contributed by atoms with Crippen molar-refractivity contribution in [3.63, 3.8) is 0 Å². The number of rotatable bonds is 8. The van der Waals surface area contributed by atoms with Gasteiger partial charge in [-0.05, 0) is 30.9 Å². The molecular formula is C14H22O4. The Morgan fingerprint density at radius 1 is 1.33 bits per heavy atom. The van der Waals surface area contributed by atoms with Crippen molar-refractivity contribution < 1.29 is 19.4 Å². The third kappa shape index (κ3) is 5.96. The molecule has 0 radical (unpaired) electrons. The van der Waals surface area contributed by atoms with Gasteiger partial charge < -0.3 is 9.84 Å². The Morgan fingerprint density at radius 2 is 2.00 bits per heavy atom. The second kappa shape index (κ2) is 8.03. The minimum absolute atomic E-state index is 0.0948. The second-order valence-electron chi connectivity index (χ2n) is 4.74. The molecule has 18 heavy (non-hydrogen) atoms. The van der Waals surface area contributed by atoms with Gasteiger partial charge in [-0.25, -0.2) is 0 Å². The molecule has 0 saturated carbocycles. The van der Waals surface area contributed by atoms with Crippen LogP contribution in [-0.2, 0) is 14.3 Å². The number of hydrogen-bond donors (Lipinski definition) is 1. The van der Waals surface area contributed by atoms with Gasteiger partial charge in [0.15, 0.2) is 5.78 Å². The average Bonchev–Trinajstić information content (AvgIpc) is 2.61. The summed E-state index contributed by atoms with van der Waals surface area (Å²) in [5, 5.41) is 9.28. The Hall–Kier alpha value is -1.16. The summed E-state index contributed by atoms with van der Waals surface area (Å²) in [6, 6.07) is 0. The van der Waals surface area contributed by atoms with Crippen molar-refractivity contribution in [1.82, 2.24) is 0 Å². The van der Waals surface area contributed by atoms with E-state index >= 15 is 0 Å². The van der Waals surface area contributed by atoms with Crippen molar-refractivity contribution in [3.8, 4) is 0 Å². The first-order valence-electron chi connectivity index (χ1n) is 6.65. The molecule has 0 aromatic carbocycles. The van der Waals surface area contributed by atoms with E-state index in [-0.39, 0.29) is 18.2 Å². The lowest BCUT2D eigenvalue weighted by Gasteiger charge is -2.03. The molecule has 4 nitrogen and oxygen atoms in total. The molecule has 0 bridgehead atoms. The lowest BCUT2D eigenvalue weighted by molar-refractivity contribution is -0.141. The molecule has 1 atom stereocenters. The molecule has 1 N–H and O–H groups in total. The molecule has 0 fully saturated rings. The van der Waals surface area contributed by atoms with Gasteiger partial charge >= 0.3 is 5.97 Å². The van der Waals surface area contributed by atoms with Gasteiger partial charge in [-0.3, -0.25) is 9.59 Å². The first-order valence-corrected chi connectivity index (χ1v) is 6.65. The van der Waals surface area contributed by atoms with E-state index in [9.17, 15) is 14.7 Å². The van der Waals surface area contributed by atoms with E-state index in [0.717, 1.165) is 44.1 Å². The molecule has 4 heteroatoms. The van der Waals surface area contributed by atoms with Crippen LogP contribution in [0.5, 0.6) is 0 Å². The average molecular weight is 254 g/mol. The van der Waals surface area contributed by atoms with E-state index < -0.39 is 6.10 Å². The van der Waals surface area contributed by atoms with Crippen molar-refractivity contribution in [2.24, 2.45) is 0 Å². The fourth-order valence-corrected chi connectivity index (χ4v) is 2.09. The molecule has 102 valence electrons. The number of Topliss-reactive ketones (excluding diaryl/α,β-unsaturated/α-hetero) is 1. The molecule has 0 amide bonds. The summed E-state index contributed by atoms with van der Waals surface area (Å²) in [5.41, 5.74) is 0.794. The maximum Gasteiger partial charge on any atom is 0.302 e. The zero-order valence-electron chi connectivity index (χ0n) is 11.0. The van der Waals surface area contributed by atoms with E-state index in [4.69, 9.17) is 4.74 Å². The van der Waals surface area contributed by atoms with E-state index in [2.05, 4.69) is 0 Å². The standard InChI is InChI=1S/C14H22O4/c1-11(15)18-8-6-4-2-3-5-7-12-9-13(16)10-14(12)17/h9,13,16H,2-8,10H2,1H3. The Balaban J connectivity index is 1.94. The highest BCUT2D eigenvalue weighted by molar-refractivity contribution is 5.98. The van der Waals surface area contributed by atoms with Crippen LogP contribution >= 0.6 is 0 Å². The van der Waals surface area contributed by atoms with Crippen LogP contribution in [0.25, 0.3) is 0 Å². The van der Waals surface area contributed by atoms with Gasteiger partial charge in [-0.1, -0.05) is 19.3 Å². The second-order valence-corrected chi connectivity index (χ2v) is 4.74. The van der Waals surface area contributed by atoms with E-state index in [1.54, 1.807) is 6.08 Å². The number of carbonyl (C=O) groups is 2. The van der Waals surface area contributed by atoms with E-state index in [0.29, 0.717) is 6.61 Å². The molecule has 0 spiro atoms. The summed E-state index contributed by atoms with van der Waals surface area (Å²) in [7, 11) is 0. The normalized spacial score (nSPS) is 18.9. The fourth-order valence-electron chi connectivity index (χ4n) is 2.09. The van der Waals surface area contributed by atoms with Crippen molar-refractivity contribution in [1.29, 1.82) is 0 Å². The first kappa shape index (κ1) is 14.9. The maximum atomic E-state index is 11.4. The summed E-state index contributed by atoms with van der Waals surface area (Å²) in [6.07, 6.45) is 7.25. The number of carbonyl (C=O) groups excluding carboxylic acids is 2. The molecule has 0 aromatic heterocycles. The molecule has 0 heterocycles. The van der Waals surface area contributed by atoms with Crippen LogP contribution in [0.4, 0.5) is 0 Å². The fraction of sp³-hybridized carbons (Fsp3) is 0.714. The summed E-state index contributed by atoms with van der Waals surface area (Å²) in [6.45, 7) is 1.92. The molecule has 0 aliphatic heterocycles. The molecular weight excluding hydrogens is 232 g/mol. The SMILES string of the molecule is CC(=O)OCCCCCCCC1=CC(O)CC1=O. The number of ether oxygens (including phenoxy) is 1. The van der Waals surface area contributed by atoms with Crippen LogP contribution < -0.4 is 0 Å². The summed E-state index contributed by atoms with van der Waals surface area (Å²) >= 11 is 0. The smallest absolute Gasteiger partial charge is 0.302 e. The van der Waals surface area contributed by atoms with Crippen LogP contribution in [0.2, 0.25) is 0 Å². The quantitative estimate of drug-likeness (QED) is 0.532. The molecule has 1 aliphatic carbocycles. The van der Waals surface area contributed by atoms with Crippen LogP contribution in [-0.4, -0.2) is 29.6 Å². The number of ketones is 1. The monoisotopic (exact) mass is 254 g/mol. The van der Waals surface area contributed by atoms with Crippen molar-refractivity contribution in [2.45, 2.75) is 58.0 Å². The van der Waals surface area contributed by atoms with Gasteiger partial charge in [0.05, 0.1) is 12.7 Å². The first-order chi connectivity index (χ1) is 8.59. The van der Waals surface area contributed by atoms with Crippen LogP contribution in [0.1, 0.15) is 51.9 Å². The summed E-state index contributed by atoms with van der Waals surface area (Å²) < 4.78 is 4.84. The Labute approximate surface area is 108 Å². The Kier molecular flexibility index (Phi) is 6.65. The molecule has 0 saturated heterocycles. The predicted molar refractivity (Wildman–Crippen MR) is 68.0 cm³/mol. The minimum Gasteiger partial charge on any atom is -0.466 e. The number of allylic oxidation sites excluding steroid dienone is 1. The van der Waals surface area contributed by atoms with Crippen LogP contribution in [0, 0.1) is 0 Å². The number of aliphatic hydroxyl groups is 1. The Morgan fingerprint density at radius 3 is 2.61 bits per heavy atom. The predicted octanol–water partition coefficient (Wildman–Crippen LogP) is 2.15. The highest BCUT2D eigenvalue weighted by atomic mass is 16.5. The minimum atomic E-state index is -0.559. The topological polar surface area (TPSA) is 63.6 Å². The van der Waals surface area contributed by atoms with Gasteiger partial charge in [-0.15, -0.1) is 0 Å². The van der Waals surface area contributed by atoms with Crippen LogP contribution in [0.3, 0.4) is 0 Å². The summed E-state index contributed by atoms with van der Waals surface area (Å²) in [5.74, 6) is -0.127. The van der Waals surface area contributed by atoms with Gasteiger partial charge in [0.25, 0.3) is 0 Å². The summed E-state index contributed by atoms with van der Waals surface area (Å²) in [4.78, 5) is 21.9. The number of aliphatic hydroxyl groups excluding tert-OH is 1. The lowest BCUT2D eigenvalue weighted by atomic mass is 10.0.